The average Bonchev–Trinajstić information content (AvgIpc) is 2.32. The number of hydrogen-bond acceptors (Lipinski definition) is 4. The minimum Gasteiger partial charge on any atom is -0.341 e. The molecule has 0 unspecified atom stereocenters. The second-order valence-corrected chi connectivity index (χ2v) is 5.74. The molecular weight excluding hydrogens is 315 g/mol. The van der Waals surface area contributed by atoms with Crippen LogP contribution in [0.2, 0.25) is 0 Å². The molecule has 2 heterocycles. The monoisotopic (exact) mass is 332 g/mol. The van der Waals surface area contributed by atoms with Crippen LogP contribution in [0.25, 0.3) is 0 Å². The molecule has 0 saturated carbocycles. The van der Waals surface area contributed by atoms with E-state index in [0.717, 1.165) is 35.4 Å². The lowest BCUT2D eigenvalue weighted by Crippen LogP contribution is -2.50. The van der Waals surface area contributed by atoms with Gasteiger partial charge in [-0.2, -0.15) is 0 Å². The van der Waals surface area contributed by atoms with Gasteiger partial charge in [0.1, 0.15) is 0 Å². The standard InChI is InChI=1S/C11H17IN4/c1-11(13-2)3-5-16(6-4-11)10-14-7-9(12)8-15-10/h7-8,13H,3-6H2,1-2H3. The van der Waals surface area contributed by atoms with Crippen LogP contribution in [0.1, 0.15) is 19.8 Å². The first-order valence-corrected chi connectivity index (χ1v) is 6.62. The Kier molecular flexibility index (Phi) is 3.63. The zero-order valence-electron chi connectivity index (χ0n) is 9.70. The lowest BCUT2D eigenvalue weighted by molar-refractivity contribution is 0.303. The van der Waals surface area contributed by atoms with Crippen molar-refractivity contribution in [2.24, 2.45) is 0 Å². The summed E-state index contributed by atoms with van der Waals surface area (Å²) < 4.78 is 1.08. The minimum atomic E-state index is 0.277. The summed E-state index contributed by atoms with van der Waals surface area (Å²) in [5.74, 6) is 0.860. The Hall–Kier alpha value is -0.430. The van der Waals surface area contributed by atoms with Gasteiger partial charge in [-0.15, -0.1) is 0 Å². The molecule has 0 radical (unpaired) electrons. The Morgan fingerprint density at radius 1 is 1.31 bits per heavy atom. The Labute approximate surface area is 110 Å². The first-order chi connectivity index (χ1) is 7.63. The third-order valence-electron chi connectivity index (χ3n) is 3.36. The molecule has 0 amide bonds. The van der Waals surface area contributed by atoms with Crippen LogP contribution in [-0.4, -0.2) is 35.6 Å². The van der Waals surface area contributed by atoms with Gasteiger partial charge in [0.2, 0.25) is 5.95 Å². The summed E-state index contributed by atoms with van der Waals surface area (Å²) in [6.45, 7) is 4.33. The molecule has 0 aliphatic carbocycles. The highest BCUT2D eigenvalue weighted by molar-refractivity contribution is 14.1. The van der Waals surface area contributed by atoms with E-state index in [2.05, 4.69) is 49.7 Å². The van der Waals surface area contributed by atoms with E-state index in [9.17, 15) is 0 Å². The van der Waals surface area contributed by atoms with Gasteiger partial charge in [-0.3, -0.25) is 0 Å². The Morgan fingerprint density at radius 3 is 2.38 bits per heavy atom. The molecule has 5 heteroatoms. The third-order valence-corrected chi connectivity index (χ3v) is 3.92. The summed E-state index contributed by atoms with van der Waals surface area (Å²) >= 11 is 2.23. The van der Waals surface area contributed by atoms with Crippen molar-refractivity contribution in [1.29, 1.82) is 0 Å². The predicted molar refractivity (Wildman–Crippen MR) is 73.7 cm³/mol. The number of halogens is 1. The molecule has 0 aromatic carbocycles. The molecule has 1 aromatic heterocycles. The van der Waals surface area contributed by atoms with Crippen molar-refractivity contribution < 1.29 is 0 Å². The van der Waals surface area contributed by atoms with Gasteiger partial charge in [-0.05, 0) is 49.4 Å². The highest BCUT2D eigenvalue weighted by atomic mass is 127. The quantitative estimate of drug-likeness (QED) is 0.837. The van der Waals surface area contributed by atoms with Crippen LogP contribution in [0, 0.1) is 3.57 Å². The van der Waals surface area contributed by atoms with Gasteiger partial charge in [-0.25, -0.2) is 9.97 Å². The third kappa shape index (κ3) is 2.63. The Morgan fingerprint density at radius 2 is 1.88 bits per heavy atom. The number of nitrogens with one attached hydrogen (secondary N) is 1. The van der Waals surface area contributed by atoms with Gasteiger partial charge >= 0.3 is 0 Å². The molecular formula is C11H17IN4. The SMILES string of the molecule is CNC1(C)CCN(c2ncc(I)cn2)CC1. The average molecular weight is 332 g/mol. The highest BCUT2D eigenvalue weighted by Crippen LogP contribution is 2.23. The van der Waals surface area contributed by atoms with Gasteiger partial charge in [0.25, 0.3) is 0 Å². The summed E-state index contributed by atoms with van der Waals surface area (Å²) in [5.41, 5.74) is 0.277. The fraction of sp³-hybridized carbons (Fsp3) is 0.636. The largest absolute Gasteiger partial charge is 0.341 e. The van der Waals surface area contributed by atoms with Crippen molar-refractivity contribution in [3.05, 3.63) is 16.0 Å². The normalized spacial score (nSPS) is 19.8. The minimum absolute atomic E-state index is 0.277. The van der Waals surface area contributed by atoms with Crippen molar-refractivity contribution in [3.8, 4) is 0 Å². The van der Waals surface area contributed by atoms with E-state index in [0.29, 0.717) is 0 Å². The van der Waals surface area contributed by atoms with Gasteiger partial charge in [0, 0.05) is 34.6 Å². The molecule has 0 bridgehead atoms. The summed E-state index contributed by atoms with van der Waals surface area (Å²) in [7, 11) is 2.04. The summed E-state index contributed by atoms with van der Waals surface area (Å²) in [4.78, 5) is 11.0. The van der Waals surface area contributed by atoms with Crippen LogP contribution in [-0.2, 0) is 0 Å². The molecule has 1 aromatic rings. The van der Waals surface area contributed by atoms with Gasteiger partial charge in [-0.1, -0.05) is 0 Å². The number of anilines is 1. The van der Waals surface area contributed by atoms with Crippen LogP contribution in [0.5, 0.6) is 0 Å². The molecule has 1 aliphatic rings. The number of aromatic nitrogens is 2. The maximum Gasteiger partial charge on any atom is 0.225 e. The lowest BCUT2D eigenvalue weighted by atomic mass is 9.90. The maximum absolute atomic E-state index is 4.36. The summed E-state index contributed by atoms with van der Waals surface area (Å²) in [5, 5.41) is 3.39. The van der Waals surface area contributed by atoms with Gasteiger partial charge < -0.3 is 10.2 Å². The topological polar surface area (TPSA) is 41.0 Å². The molecule has 88 valence electrons. The van der Waals surface area contributed by atoms with E-state index in [1.807, 2.05) is 19.4 Å². The highest BCUT2D eigenvalue weighted by Gasteiger charge is 2.29. The van der Waals surface area contributed by atoms with Crippen LogP contribution in [0.4, 0.5) is 5.95 Å². The first-order valence-electron chi connectivity index (χ1n) is 5.54. The second-order valence-electron chi connectivity index (χ2n) is 4.50. The van der Waals surface area contributed by atoms with E-state index in [4.69, 9.17) is 0 Å². The number of piperidine rings is 1. The second kappa shape index (κ2) is 4.83. The molecule has 16 heavy (non-hydrogen) atoms. The number of rotatable bonds is 2. The van der Waals surface area contributed by atoms with Crippen molar-refractivity contribution in [2.45, 2.75) is 25.3 Å². The number of hydrogen-bond donors (Lipinski definition) is 1. The van der Waals surface area contributed by atoms with E-state index in [-0.39, 0.29) is 5.54 Å². The molecule has 0 atom stereocenters. The fourth-order valence-electron chi connectivity index (χ4n) is 1.92. The van der Waals surface area contributed by atoms with Crippen LogP contribution < -0.4 is 10.2 Å². The van der Waals surface area contributed by atoms with Crippen LogP contribution in [0.15, 0.2) is 12.4 Å². The molecule has 1 N–H and O–H groups in total. The van der Waals surface area contributed by atoms with Crippen molar-refractivity contribution in [3.63, 3.8) is 0 Å². The smallest absolute Gasteiger partial charge is 0.225 e. The van der Waals surface area contributed by atoms with Crippen molar-refractivity contribution >= 4 is 28.5 Å². The molecule has 2 rings (SSSR count). The zero-order chi connectivity index (χ0) is 11.6. The van der Waals surface area contributed by atoms with Crippen LogP contribution >= 0.6 is 22.6 Å². The maximum atomic E-state index is 4.36. The van der Waals surface area contributed by atoms with Crippen molar-refractivity contribution in [1.82, 2.24) is 15.3 Å². The summed E-state index contributed by atoms with van der Waals surface area (Å²) in [6.07, 6.45) is 6.02. The summed E-state index contributed by atoms with van der Waals surface area (Å²) in [6, 6.07) is 0. The predicted octanol–water partition coefficient (Wildman–Crippen LogP) is 1.66. The molecule has 1 fully saturated rings. The van der Waals surface area contributed by atoms with E-state index in [1.165, 1.54) is 0 Å². The van der Waals surface area contributed by atoms with E-state index < -0.39 is 0 Å². The van der Waals surface area contributed by atoms with Crippen molar-refractivity contribution in [2.75, 3.05) is 25.0 Å². The molecule has 1 saturated heterocycles. The number of nitrogens with zero attached hydrogens (tertiary/aromatic N) is 3. The Bertz CT molecular complexity index is 344. The Balaban J connectivity index is 2.01. The van der Waals surface area contributed by atoms with E-state index >= 15 is 0 Å². The van der Waals surface area contributed by atoms with Gasteiger partial charge in [0.15, 0.2) is 0 Å². The first kappa shape index (κ1) is 12.0. The molecule has 1 aliphatic heterocycles. The van der Waals surface area contributed by atoms with E-state index in [1.54, 1.807) is 0 Å². The molecule has 0 spiro atoms. The fourth-order valence-corrected chi connectivity index (χ4v) is 2.20. The molecule has 4 nitrogen and oxygen atoms in total. The lowest BCUT2D eigenvalue weighted by Gasteiger charge is -2.39. The van der Waals surface area contributed by atoms with Crippen LogP contribution in [0.3, 0.4) is 0 Å². The van der Waals surface area contributed by atoms with Gasteiger partial charge in [0.05, 0.1) is 0 Å². The zero-order valence-corrected chi connectivity index (χ0v) is 11.9.